The van der Waals surface area contributed by atoms with Crippen LogP contribution in [0.15, 0.2) is 24.3 Å². The monoisotopic (exact) mass is 332 g/mol. The molecule has 24 heavy (non-hydrogen) atoms. The highest BCUT2D eigenvalue weighted by atomic mass is 16.5. The molecule has 0 bridgehead atoms. The van der Waals surface area contributed by atoms with E-state index in [1.165, 1.54) is 12.8 Å². The molecule has 132 valence electrons. The molecule has 0 aliphatic heterocycles. The summed E-state index contributed by atoms with van der Waals surface area (Å²) in [5.41, 5.74) is 0.958. The molecule has 1 aromatic rings. The number of carbonyl (C=O) groups excluding carboxylic acids is 2. The van der Waals surface area contributed by atoms with Gasteiger partial charge in [0.15, 0.2) is 0 Å². The summed E-state index contributed by atoms with van der Waals surface area (Å²) < 4.78 is 10.8. The van der Waals surface area contributed by atoms with Crippen LogP contribution < -0.4 is 0 Å². The first-order valence-electron chi connectivity index (χ1n) is 9.19. The second kappa shape index (κ2) is 10.1. The van der Waals surface area contributed by atoms with Gasteiger partial charge in [0.2, 0.25) is 0 Å². The molecule has 0 unspecified atom stereocenters. The number of ether oxygens (including phenoxy) is 2. The zero-order chi connectivity index (χ0) is 17.2. The second-order valence-corrected chi connectivity index (χ2v) is 6.44. The molecule has 0 heterocycles. The van der Waals surface area contributed by atoms with Gasteiger partial charge in [-0.1, -0.05) is 32.6 Å². The van der Waals surface area contributed by atoms with E-state index in [1.807, 2.05) is 0 Å². The average Bonchev–Trinajstić information content (AvgIpc) is 2.87. The Hall–Kier alpha value is -1.84. The zero-order valence-corrected chi connectivity index (χ0v) is 14.6. The molecular formula is C20H28O4. The standard InChI is InChI=1S/C20H28O4/c1-2-3-8-15-23-19(21)16-11-13-17(14-12-16)20(22)24-18-9-6-4-5-7-10-18/h11-14,18H,2-10,15H2,1H3. The van der Waals surface area contributed by atoms with E-state index in [0.717, 1.165) is 44.9 Å². The Morgan fingerprint density at radius 3 is 2.08 bits per heavy atom. The van der Waals surface area contributed by atoms with Crippen molar-refractivity contribution in [2.45, 2.75) is 70.8 Å². The number of benzene rings is 1. The van der Waals surface area contributed by atoms with E-state index in [-0.39, 0.29) is 18.0 Å². The first-order valence-corrected chi connectivity index (χ1v) is 9.19. The third-order valence-corrected chi connectivity index (χ3v) is 4.41. The molecule has 0 aromatic heterocycles. The van der Waals surface area contributed by atoms with Crippen LogP contribution in [0.5, 0.6) is 0 Å². The molecule has 0 radical (unpaired) electrons. The van der Waals surface area contributed by atoms with Gasteiger partial charge in [0.25, 0.3) is 0 Å². The predicted octanol–water partition coefficient (Wildman–Crippen LogP) is 4.91. The molecule has 1 fully saturated rings. The van der Waals surface area contributed by atoms with Crippen LogP contribution in [0.2, 0.25) is 0 Å². The van der Waals surface area contributed by atoms with Gasteiger partial charge in [-0.2, -0.15) is 0 Å². The van der Waals surface area contributed by atoms with E-state index in [4.69, 9.17) is 9.47 Å². The van der Waals surface area contributed by atoms with Crippen molar-refractivity contribution in [2.24, 2.45) is 0 Å². The smallest absolute Gasteiger partial charge is 0.338 e. The fourth-order valence-corrected chi connectivity index (χ4v) is 2.92. The van der Waals surface area contributed by atoms with E-state index in [0.29, 0.717) is 17.7 Å². The first kappa shape index (κ1) is 18.5. The third kappa shape index (κ3) is 5.99. The molecule has 0 N–H and O–H groups in total. The normalized spacial score (nSPS) is 15.5. The van der Waals surface area contributed by atoms with Crippen molar-refractivity contribution in [2.75, 3.05) is 6.61 Å². The van der Waals surface area contributed by atoms with Crippen molar-refractivity contribution < 1.29 is 19.1 Å². The number of esters is 2. The van der Waals surface area contributed by atoms with Crippen LogP contribution in [-0.4, -0.2) is 24.6 Å². The molecule has 0 atom stereocenters. The molecule has 2 rings (SSSR count). The van der Waals surface area contributed by atoms with Gasteiger partial charge < -0.3 is 9.47 Å². The zero-order valence-electron chi connectivity index (χ0n) is 14.6. The van der Waals surface area contributed by atoms with Gasteiger partial charge in [-0.05, 0) is 56.4 Å². The van der Waals surface area contributed by atoms with Crippen LogP contribution in [0.1, 0.15) is 85.4 Å². The van der Waals surface area contributed by atoms with E-state index in [9.17, 15) is 9.59 Å². The molecule has 4 nitrogen and oxygen atoms in total. The van der Waals surface area contributed by atoms with Crippen LogP contribution in [0.25, 0.3) is 0 Å². The summed E-state index contributed by atoms with van der Waals surface area (Å²) in [5, 5.41) is 0. The molecular weight excluding hydrogens is 304 g/mol. The van der Waals surface area contributed by atoms with E-state index < -0.39 is 0 Å². The Kier molecular flexibility index (Phi) is 7.80. The molecule has 0 amide bonds. The largest absolute Gasteiger partial charge is 0.462 e. The highest BCUT2D eigenvalue weighted by Gasteiger charge is 2.18. The Morgan fingerprint density at radius 2 is 1.50 bits per heavy atom. The highest BCUT2D eigenvalue weighted by Crippen LogP contribution is 2.21. The first-order chi connectivity index (χ1) is 11.7. The number of unbranched alkanes of at least 4 members (excludes halogenated alkanes) is 2. The maximum atomic E-state index is 12.2. The molecule has 0 spiro atoms. The maximum absolute atomic E-state index is 12.2. The number of hydrogen-bond donors (Lipinski definition) is 0. The Bertz CT molecular complexity index is 513. The van der Waals surface area contributed by atoms with Gasteiger partial charge in [0, 0.05) is 0 Å². The van der Waals surface area contributed by atoms with Crippen LogP contribution in [0.3, 0.4) is 0 Å². The lowest BCUT2D eigenvalue weighted by Crippen LogP contribution is -2.17. The van der Waals surface area contributed by atoms with Crippen LogP contribution in [0, 0.1) is 0 Å². The van der Waals surface area contributed by atoms with Gasteiger partial charge in [-0.15, -0.1) is 0 Å². The van der Waals surface area contributed by atoms with Crippen molar-refractivity contribution in [1.29, 1.82) is 0 Å². The number of rotatable bonds is 7. The fraction of sp³-hybridized carbons (Fsp3) is 0.600. The van der Waals surface area contributed by atoms with Crippen molar-refractivity contribution in [1.82, 2.24) is 0 Å². The van der Waals surface area contributed by atoms with Crippen molar-refractivity contribution in [3.8, 4) is 0 Å². The molecule has 1 saturated carbocycles. The lowest BCUT2D eigenvalue weighted by Gasteiger charge is -2.15. The number of carbonyl (C=O) groups is 2. The van der Waals surface area contributed by atoms with Gasteiger partial charge in [-0.25, -0.2) is 9.59 Å². The lowest BCUT2D eigenvalue weighted by atomic mass is 10.1. The average molecular weight is 332 g/mol. The molecule has 1 aliphatic carbocycles. The number of hydrogen-bond acceptors (Lipinski definition) is 4. The lowest BCUT2D eigenvalue weighted by molar-refractivity contribution is 0.0266. The molecule has 1 aliphatic rings. The van der Waals surface area contributed by atoms with Gasteiger partial charge in [0.1, 0.15) is 6.10 Å². The fourth-order valence-electron chi connectivity index (χ4n) is 2.92. The maximum Gasteiger partial charge on any atom is 0.338 e. The van der Waals surface area contributed by atoms with Crippen LogP contribution in [-0.2, 0) is 9.47 Å². The van der Waals surface area contributed by atoms with Gasteiger partial charge >= 0.3 is 11.9 Å². The van der Waals surface area contributed by atoms with Crippen molar-refractivity contribution in [3.63, 3.8) is 0 Å². The third-order valence-electron chi connectivity index (χ3n) is 4.41. The molecule has 0 saturated heterocycles. The van der Waals surface area contributed by atoms with Crippen molar-refractivity contribution in [3.05, 3.63) is 35.4 Å². The Balaban J connectivity index is 1.83. The van der Waals surface area contributed by atoms with Crippen molar-refractivity contribution >= 4 is 11.9 Å². The summed E-state index contributed by atoms with van der Waals surface area (Å²) in [6.07, 6.45) is 9.67. The minimum Gasteiger partial charge on any atom is -0.462 e. The summed E-state index contributed by atoms with van der Waals surface area (Å²) in [7, 11) is 0. The van der Waals surface area contributed by atoms with Crippen LogP contribution in [0.4, 0.5) is 0 Å². The summed E-state index contributed by atoms with van der Waals surface area (Å²) in [4.78, 5) is 24.1. The topological polar surface area (TPSA) is 52.6 Å². The van der Waals surface area contributed by atoms with E-state index in [2.05, 4.69) is 6.92 Å². The minimum absolute atomic E-state index is 0.0307. The summed E-state index contributed by atoms with van der Waals surface area (Å²) in [6, 6.07) is 6.54. The summed E-state index contributed by atoms with van der Waals surface area (Å²) >= 11 is 0. The van der Waals surface area contributed by atoms with Gasteiger partial charge in [-0.3, -0.25) is 0 Å². The summed E-state index contributed by atoms with van der Waals surface area (Å²) in [5.74, 6) is -0.639. The predicted molar refractivity (Wildman–Crippen MR) is 93.2 cm³/mol. The molecule has 4 heteroatoms. The van der Waals surface area contributed by atoms with E-state index in [1.54, 1.807) is 24.3 Å². The Labute approximate surface area is 144 Å². The second-order valence-electron chi connectivity index (χ2n) is 6.44. The van der Waals surface area contributed by atoms with E-state index >= 15 is 0 Å². The quantitative estimate of drug-likeness (QED) is 0.404. The summed E-state index contributed by atoms with van der Waals surface area (Å²) in [6.45, 7) is 2.55. The van der Waals surface area contributed by atoms with Gasteiger partial charge in [0.05, 0.1) is 17.7 Å². The molecule has 1 aromatic carbocycles. The Morgan fingerprint density at radius 1 is 0.917 bits per heavy atom. The minimum atomic E-state index is -0.338. The van der Waals surface area contributed by atoms with Crippen LogP contribution >= 0.6 is 0 Å². The highest BCUT2D eigenvalue weighted by molar-refractivity contribution is 5.93. The SMILES string of the molecule is CCCCCOC(=O)c1ccc(C(=O)OC2CCCCCC2)cc1.